The van der Waals surface area contributed by atoms with Crippen molar-refractivity contribution < 1.29 is 19.4 Å². The maximum Gasteiger partial charge on any atom is 0.266 e. The van der Waals surface area contributed by atoms with E-state index >= 15 is 0 Å². The molecular weight excluding hydrogens is 501 g/mol. The Kier molecular flexibility index (Phi) is 8.39. The van der Waals surface area contributed by atoms with Crippen molar-refractivity contribution in [2.75, 3.05) is 17.2 Å². The number of ether oxygens (including phenoxy) is 1. The van der Waals surface area contributed by atoms with Crippen molar-refractivity contribution >= 4 is 64.1 Å². The number of rotatable bonds is 7. The second-order valence-corrected chi connectivity index (χ2v) is 8.05. The number of nitriles is 1. The molecule has 0 saturated carbocycles. The molecule has 0 aromatic heterocycles. The van der Waals surface area contributed by atoms with E-state index in [0.29, 0.717) is 27.0 Å². The van der Waals surface area contributed by atoms with Crippen LogP contribution in [0, 0.1) is 11.3 Å². The number of nitrogens with one attached hydrogen (secondary N) is 2. The van der Waals surface area contributed by atoms with E-state index in [1.165, 1.54) is 48.5 Å². The molecule has 0 bridgehead atoms. The van der Waals surface area contributed by atoms with Crippen molar-refractivity contribution in [3.05, 3.63) is 86.9 Å². The van der Waals surface area contributed by atoms with Gasteiger partial charge in [0.1, 0.15) is 23.1 Å². The zero-order valence-corrected chi connectivity index (χ0v) is 19.6. The van der Waals surface area contributed by atoms with Crippen LogP contribution in [-0.2, 0) is 9.59 Å². The van der Waals surface area contributed by atoms with Gasteiger partial charge in [0, 0.05) is 11.4 Å². The number of aromatic hydroxyl groups is 1. The summed E-state index contributed by atoms with van der Waals surface area (Å²) in [5, 5.41) is 24.7. The first-order valence-corrected chi connectivity index (χ1v) is 10.8. The summed E-state index contributed by atoms with van der Waals surface area (Å²) in [5.74, 6) is -0.757. The summed E-state index contributed by atoms with van der Waals surface area (Å²) in [6.07, 6.45) is 1.36. The summed E-state index contributed by atoms with van der Waals surface area (Å²) >= 11 is 18.0. The highest BCUT2D eigenvalue weighted by atomic mass is 35.5. The molecule has 0 aliphatic heterocycles. The number of amides is 2. The summed E-state index contributed by atoms with van der Waals surface area (Å²) in [5.41, 5.74) is 1.21. The van der Waals surface area contributed by atoms with Crippen LogP contribution in [0.15, 0.2) is 66.2 Å². The van der Waals surface area contributed by atoms with Gasteiger partial charge in [-0.25, -0.2) is 0 Å². The molecule has 0 aliphatic rings. The average Bonchev–Trinajstić information content (AvgIpc) is 2.80. The standard InChI is InChI=1S/C24H16Cl3N3O4/c25-19-7-4-17(11-20(19)26)29-23(32)13-34-22-8-1-14(10-21(22)27)9-15(12-28)24(33)30-16-2-5-18(31)6-3-16/h1-11,31H,13H2,(H,29,32)(H,30,33)/b15-9+. The van der Waals surface area contributed by atoms with Crippen LogP contribution in [0.1, 0.15) is 5.56 Å². The van der Waals surface area contributed by atoms with Gasteiger partial charge in [-0.1, -0.05) is 40.9 Å². The Morgan fingerprint density at radius 2 is 1.62 bits per heavy atom. The van der Waals surface area contributed by atoms with Crippen molar-refractivity contribution in [1.29, 1.82) is 5.26 Å². The molecule has 3 rings (SSSR count). The summed E-state index contributed by atoms with van der Waals surface area (Å²) < 4.78 is 5.46. The lowest BCUT2D eigenvalue weighted by Crippen LogP contribution is -2.20. The maximum atomic E-state index is 12.4. The maximum absolute atomic E-state index is 12.4. The third-order valence-corrected chi connectivity index (χ3v) is 5.35. The number of carbonyl (C=O) groups excluding carboxylic acids is 2. The molecule has 34 heavy (non-hydrogen) atoms. The number of phenols is 1. The minimum Gasteiger partial charge on any atom is -0.508 e. The highest BCUT2D eigenvalue weighted by Gasteiger charge is 2.12. The van der Waals surface area contributed by atoms with Crippen molar-refractivity contribution in [2.24, 2.45) is 0 Å². The number of nitrogens with zero attached hydrogens (tertiary/aromatic N) is 1. The monoisotopic (exact) mass is 515 g/mol. The smallest absolute Gasteiger partial charge is 0.266 e. The van der Waals surface area contributed by atoms with Gasteiger partial charge in [0.15, 0.2) is 6.61 Å². The zero-order valence-electron chi connectivity index (χ0n) is 17.3. The lowest BCUT2D eigenvalue weighted by molar-refractivity contribution is -0.118. The number of carbonyl (C=O) groups is 2. The third kappa shape index (κ3) is 6.90. The molecule has 0 saturated heterocycles. The highest BCUT2D eigenvalue weighted by molar-refractivity contribution is 6.42. The molecule has 0 spiro atoms. The lowest BCUT2D eigenvalue weighted by Gasteiger charge is -2.10. The van der Waals surface area contributed by atoms with Crippen LogP contribution in [0.4, 0.5) is 11.4 Å². The molecule has 7 nitrogen and oxygen atoms in total. The molecule has 3 aromatic rings. The second kappa shape index (κ2) is 11.4. The van der Waals surface area contributed by atoms with Gasteiger partial charge in [-0.15, -0.1) is 0 Å². The van der Waals surface area contributed by atoms with Crippen molar-refractivity contribution in [3.8, 4) is 17.6 Å². The predicted octanol–water partition coefficient (Wildman–Crippen LogP) is 5.92. The molecule has 2 amide bonds. The van der Waals surface area contributed by atoms with Crippen LogP contribution in [0.25, 0.3) is 6.08 Å². The fourth-order valence-corrected chi connectivity index (χ4v) is 3.24. The largest absolute Gasteiger partial charge is 0.508 e. The van der Waals surface area contributed by atoms with Gasteiger partial charge in [0.25, 0.3) is 11.8 Å². The fourth-order valence-electron chi connectivity index (χ4n) is 2.70. The van der Waals surface area contributed by atoms with E-state index in [1.807, 2.05) is 6.07 Å². The zero-order chi connectivity index (χ0) is 24.7. The molecule has 0 heterocycles. The van der Waals surface area contributed by atoms with Crippen LogP contribution in [0.2, 0.25) is 15.1 Å². The summed E-state index contributed by atoms with van der Waals surface area (Å²) in [6, 6.07) is 17.0. The van der Waals surface area contributed by atoms with Crippen molar-refractivity contribution in [2.45, 2.75) is 0 Å². The van der Waals surface area contributed by atoms with Gasteiger partial charge in [-0.05, 0) is 66.2 Å². The fraction of sp³-hybridized carbons (Fsp3) is 0.0417. The van der Waals surface area contributed by atoms with E-state index in [9.17, 15) is 20.0 Å². The molecule has 0 radical (unpaired) electrons. The Balaban J connectivity index is 1.62. The number of anilines is 2. The Morgan fingerprint density at radius 3 is 2.26 bits per heavy atom. The van der Waals surface area contributed by atoms with E-state index in [-0.39, 0.29) is 28.7 Å². The first-order valence-electron chi connectivity index (χ1n) is 9.64. The summed E-state index contributed by atoms with van der Waals surface area (Å²) in [4.78, 5) is 24.5. The van der Waals surface area contributed by atoms with E-state index in [0.717, 1.165) is 0 Å². The van der Waals surface area contributed by atoms with Gasteiger partial charge < -0.3 is 20.5 Å². The Labute approximate surface area is 210 Å². The summed E-state index contributed by atoms with van der Waals surface area (Å²) in [6.45, 7) is -0.312. The van der Waals surface area contributed by atoms with Crippen LogP contribution in [0.3, 0.4) is 0 Å². The molecule has 10 heteroatoms. The second-order valence-electron chi connectivity index (χ2n) is 6.83. The van der Waals surface area contributed by atoms with Crippen molar-refractivity contribution in [3.63, 3.8) is 0 Å². The van der Waals surface area contributed by atoms with Gasteiger partial charge in [0.05, 0.1) is 15.1 Å². The topological polar surface area (TPSA) is 111 Å². The first kappa shape index (κ1) is 24.9. The van der Waals surface area contributed by atoms with Gasteiger partial charge >= 0.3 is 0 Å². The van der Waals surface area contributed by atoms with E-state index in [4.69, 9.17) is 39.5 Å². The van der Waals surface area contributed by atoms with E-state index in [1.54, 1.807) is 18.2 Å². The number of hydrogen-bond acceptors (Lipinski definition) is 5. The molecule has 3 aromatic carbocycles. The van der Waals surface area contributed by atoms with Crippen LogP contribution in [-0.4, -0.2) is 23.5 Å². The highest BCUT2D eigenvalue weighted by Crippen LogP contribution is 2.27. The molecule has 0 atom stereocenters. The lowest BCUT2D eigenvalue weighted by atomic mass is 10.1. The predicted molar refractivity (Wildman–Crippen MR) is 132 cm³/mol. The van der Waals surface area contributed by atoms with Crippen LogP contribution >= 0.6 is 34.8 Å². The molecule has 0 unspecified atom stereocenters. The first-order chi connectivity index (χ1) is 16.2. The van der Waals surface area contributed by atoms with Crippen LogP contribution in [0.5, 0.6) is 11.5 Å². The third-order valence-electron chi connectivity index (χ3n) is 4.32. The van der Waals surface area contributed by atoms with Gasteiger partial charge in [-0.2, -0.15) is 5.26 Å². The number of halogens is 3. The average molecular weight is 517 g/mol. The van der Waals surface area contributed by atoms with E-state index < -0.39 is 11.8 Å². The molecule has 172 valence electrons. The normalized spacial score (nSPS) is 10.8. The molecule has 0 aliphatic carbocycles. The number of benzene rings is 3. The van der Waals surface area contributed by atoms with Gasteiger partial charge in [-0.3, -0.25) is 9.59 Å². The minimum atomic E-state index is -0.622. The number of phenolic OH excluding ortho intramolecular Hbond substituents is 1. The number of hydrogen-bond donors (Lipinski definition) is 3. The van der Waals surface area contributed by atoms with Crippen molar-refractivity contribution in [1.82, 2.24) is 0 Å². The van der Waals surface area contributed by atoms with Gasteiger partial charge in [0.2, 0.25) is 0 Å². The molecule has 3 N–H and O–H groups in total. The SMILES string of the molecule is N#C/C(=C\c1ccc(OCC(=O)Nc2ccc(Cl)c(Cl)c2)c(Cl)c1)C(=O)Nc1ccc(O)cc1. The Hall–Kier alpha value is -3.70. The Morgan fingerprint density at radius 1 is 0.912 bits per heavy atom. The van der Waals surface area contributed by atoms with Crippen LogP contribution < -0.4 is 15.4 Å². The Bertz CT molecular complexity index is 1300. The molecular formula is C24H16Cl3N3O4. The molecule has 0 fully saturated rings. The quantitative estimate of drug-likeness (QED) is 0.205. The summed E-state index contributed by atoms with van der Waals surface area (Å²) in [7, 11) is 0. The minimum absolute atomic E-state index is 0.0536. The van der Waals surface area contributed by atoms with E-state index in [2.05, 4.69) is 10.6 Å².